The lowest BCUT2D eigenvalue weighted by Gasteiger charge is -2.15. The fourth-order valence-corrected chi connectivity index (χ4v) is 2.79. The van der Waals surface area contributed by atoms with Crippen LogP contribution in [0.3, 0.4) is 0 Å². The molecule has 0 unspecified atom stereocenters. The molecule has 22 heavy (non-hydrogen) atoms. The van der Waals surface area contributed by atoms with Crippen molar-refractivity contribution in [2.24, 2.45) is 0 Å². The molecule has 114 valence electrons. The molecule has 1 N–H and O–H groups in total. The van der Waals surface area contributed by atoms with Crippen LogP contribution in [0, 0.1) is 0 Å². The van der Waals surface area contributed by atoms with Gasteiger partial charge in [0.1, 0.15) is 5.75 Å². The highest BCUT2D eigenvalue weighted by molar-refractivity contribution is 6.30. The molecular formula is C18H18ClNO2. The maximum absolute atomic E-state index is 12.2. The van der Waals surface area contributed by atoms with E-state index in [0.29, 0.717) is 10.8 Å². The van der Waals surface area contributed by atoms with Crippen molar-refractivity contribution in [1.29, 1.82) is 0 Å². The van der Waals surface area contributed by atoms with Crippen LogP contribution < -0.4 is 10.1 Å². The third-order valence-corrected chi connectivity index (χ3v) is 4.11. The first kappa shape index (κ1) is 14.9. The molecule has 0 spiro atoms. The number of benzene rings is 2. The molecule has 2 aromatic rings. The largest absolute Gasteiger partial charge is 0.481 e. The second kappa shape index (κ2) is 6.41. The Morgan fingerprint density at radius 1 is 1.14 bits per heavy atom. The third-order valence-electron chi connectivity index (χ3n) is 3.86. The first-order valence-electron chi connectivity index (χ1n) is 7.47. The first-order valence-corrected chi connectivity index (χ1v) is 7.84. The summed E-state index contributed by atoms with van der Waals surface area (Å²) in [5.74, 6) is 0.467. The molecule has 0 heterocycles. The third kappa shape index (κ3) is 3.42. The van der Waals surface area contributed by atoms with Crippen LogP contribution >= 0.6 is 11.6 Å². The zero-order chi connectivity index (χ0) is 15.5. The molecule has 3 rings (SSSR count). The Hall–Kier alpha value is -2.00. The highest BCUT2D eigenvalue weighted by atomic mass is 35.5. The summed E-state index contributed by atoms with van der Waals surface area (Å²) >= 11 is 5.83. The summed E-state index contributed by atoms with van der Waals surface area (Å²) in [7, 11) is 0. The smallest absolute Gasteiger partial charge is 0.265 e. The zero-order valence-electron chi connectivity index (χ0n) is 12.4. The molecule has 0 aliphatic heterocycles. The summed E-state index contributed by atoms with van der Waals surface area (Å²) in [6.45, 7) is 1.73. The topological polar surface area (TPSA) is 38.3 Å². The van der Waals surface area contributed by atoms with Gasteiger partial charge in [0.05, 0.1) is 0 Å². The van der Waals surface area contributed by atoms with Crippen LogP contribution in [0.4, 0.5) is 5.69 Å². The average molecular weight is 316 g/mol. The van der Waals surface area contributed by atoms with Gasteiger partial charge in [0, 0.05) is 10.7 Å². The maximum Gasteiger partial charge on any atom is 0.265 e. The molecule has 0 fully saturated rings. The molecule has 1 aliphatic carbocycles. The van der Waals surface area contributed by atoms with Gasteiger partial charge in [-0.15, -0.1) is 0 Å². The number of nitrogens with one attached hydrogen (secondary N) is 1. The minimum absolute atomic E-state index is 0.159. The lowest BCUT2D eigenvalue weighted by molar-refractivity contribution is -0.122. The molecule has 1 atom stereocenters. The number of rotatable bonds is 4. The summed E-state index contributed by atoms with van der Waals surface area (Å²) < 4.78 is 5.63. The van der Waals surface area contributed by atoms with Crippen LogP contribution in [0.5, 0.6) is 5.75 Å². The molecule has 0 bridgehead atoms. The lowest BCUT2D eigenvalue weighted by Crippen LogP contribution is -2.30. The minimum Gasteiger partial charge on any atom is -0.481 e. The summed E-state index contributed by atoms with van der Waals surface area (Å²) in [5.41, 5.74) is 3.56. The van der Waals surface area contributed by atoms with Gasteiger partial charge in [0.2, 0.25) is 0 Å². The van der Waals surface area contributed by atoms with Crippen molar-refractivity contribution >= 4 is 23.2 Å². The van der Waals surface area contributed by atoms with E-state index < -0.39 is 6.10 Å². The number of aryl methyl sites for hydroxylation is 2. The zero-order valence-corrected chi connectivity index (χ0v) is 13.2. The number of fused-ring (bicyclic) bond motifs is 1. The van der Waals surface area contributed by atoms with Gasteiger partial charge in [-0.1, -0.05) is 17.7 Å². The van der Waals surface area contributed by atoms with Crippen molar-refractivity contribution in [2.45, 2.75) is 32.3 Å². The second-order valence-corrected chi connectivity index (χ2v) is 5.98. The van der Waals surface area contributed by atoms with E-state index >= 15 is 0 Å². The number of ether oxygens (including phenoxy) is 1. The summed E-state index contributed by atoms with van der Waals surface area (Å²) in [4.78, 5) is 12.2. The van der Waals surface area contributed by atoms with Gasteiger partial charge in [-0.2, -0.15) is 0 Å². The van der Waals surface area contributed by atoms with E-state index in [-0.39, 0.29) is 5.91 Å². The van der Waals surface area contributed by atoms with Crippen molar-refractivity contribution in [3.8, 4) is 5.75 Å². The van der Waals surface area contributed by atoms with E-state index in [9.17, 15) is 4.79 Å². The van der Waals surface area contributed by atoms with E-state index in [4.69, 9.17) is 16.3 Å². The molecule has 0 aromatic heterocycles. The summed E-state index contributed by atoms with van der Waals surface area (Å²) in [6, 6.07) is 13.1. The normalized spacial score (nSPS) is 14.3. The summed E-state index contributed by atoms with van der Waals surface area (Å²) in [6.07, 6.45) is 2.85. The van der Waals surface area contributed by atoms with Gasteiger partial charge in [-0.3, -0.25) is 4.79 Å². The molecule has 2 aromatic carbocycles. The van der Waals surface area contributed by atoms with Crippen molar-refractivity contribution in [3.63, 3.8) is 0 Å². The predicted molar refractivity (Wildman–Crippen MR) is 88.6 cm³/mol. The molecule has 0 saturated carbocycles. The quantitative estimate of drug-likeness (QED) is 0.916. The number of carbonyl (C=O) groups is 1. The highest BCUT2D eigenvalue weighted by Crippen LogP contribution is 2.25. The van der Waals surface area contributed by atoms with E-state index in [2.05, 4.69) is 17.4 Å². The van der Waals surface area contributed by atoms with Gasteiger partial charge in [-0.25, -0.2) is 0 Å². The van der Waals surface area contributed by atoms with Crippen LogP contribution in [0.2, 0.25) is 5.02 Å². The standard InChI is InChI=1S/C18H18ClNO2/c1-12(22-17-9-6-15(19)7-10-17)18(21)20-16-8-5-13-3-2-4-14(13)11-16/h5-12H,2-4H2,1H3,(H,20,21)/t12-/m1/s1. The van der Waals surface area contributed by atoms with Crippen LogP contribution in [-0.2, 0) is 17.6 Å². The predicted octanol–water partition coefficient (Wildman–Crippen LogP) is 4.23. The Morgan fingerprint density at radius 3 is 2.64 bits per heavy atom. The number of anilines is 1. The Bertz CT molecular complexity index is 682. The molecular weight excluding hydrogens is 298 g/mol. The molecule has 1 amide bonds. The van der Waals surface area contributed by atoms with Crippen molar-refractivity contribution in [3.05, 3.63) is 58.6 Å². The molecule has 1 aliphatic rings. The first-order chi connectivity index (χ1) is 10.6. The fourth-order valence-electron chi connectivity index (χ4n) is 2.66. The van der Waals surface area contributed by atoms with Gasteiger partial charge >= 0.3 is 0 Å². The SMILES string of the molecule is C[C@@H](Oc1ccc(Cl)cc1)C(=O)Nc1ccc2c(c1)CCC2. The van der Waals surface area contributed by atoms with Crippen LogP contribution in [-0.4, -0.2) is 12.0 Å². The minimum atomic E-state index is -0.575. The van der Waals surface area contributed by atoms with Gasteiger partial charge in [0.15, 0.2) is 6.10 Å². The fraction of sp³-hybridized carbons (Fsp3) is 0.278. The average Bonchev–Trinajstić information content (AvgIpc) is 2.97. The van der Waals surface area contributed by atoms with Crippen molar-refractivity contribution in [2.75, 3.05) is 5.32 Å². The van der Waals surface area contributed by atoms with Gasteiger partial charge in [0.25, 0.3) is 5.91 Å². The number of amides is 1. The van der Waals surface area contributed by atoms with Gasteiger partial charge < -0.3 is 10.1 Å². The Morgan fingerprint density at radius 2 is 1.86 bits per heavy atom. The molecule has 4 heteroatoms. The van der Waals surface area contributed by atoms with E-state index in [1.54, 1.807) is 31.2 Å². The highest BCUT2D eigenvalue weighted by Gasteiger charge is 2.16. The Labute approximate surface area is 135 Å². The van der Waals surface area contributed by atoms with E-state index in [1.165, 1.54) is 17.5 Å². The van der Waals surface area contributed by atoms with Gasteiger partial charge in [-0.05, 0) is 73.7 Å². The van der Waals surface area contributed by atoms with E-state index in [0.717, 1.165) is 18.5 Å². The number of carbonyl (C=O) groups excluding carboxylic acids is 1. The number of hydrogen-bond donors (Lipinski definition) is 1. The Kier molecular flexibility index (Phi) is 4.34. The molecule has 0 saturated heterocycles. The van der Waals surface area contributed by atoms with Crippen LogP contribution in [0.25, 0.3) is 0 Å². The maximum atomic E-state index is 12.2. The second-order valence-electron chi connectivity index (χ2n) is 5.54. The molecule has 3 nitrogen and oxygen atoms in total. The monoisotopic (exact) mass is 315 g/mol. The molecule has 0 radical (unpaired) electrons. The lowest BCUT2D eigenvalue weighted by atomic mass is 10.1. The van der Waals surface area contributed by atoms with Crippen molar-refractivity contribution < 1.29 is 9.53 Å². The van der Waals surface area contributed by atoms with E-state index in [1.807, 2.05) is 6.07 Å². The Balaban J connectivity index is 1.62. The number of hydrogen-bond acceptors (Lipinski definition) is 2. The van der Waals surface area contributed by atoms with Crippen LogP contribution in [0.15, 0.2) is 42.5 Å². The number of halogens is 1. The van der Waals surface area contributed by atoms with Crippen LogP contribution in [0.1, 0.15) is 24.5 Å². The summed E-state index contributed by atoms with van der Waals surface area (Å²) in [5, 5.41) is 3.55. The van der Waals surface area contributed by atoms with Crippen molar-refractivity contribution in [1.82, 2.24) is 0 Å².